The first kappa shape index (κ1) is 17.1. The van der Waals surface area contributed by atoms with E-state index in [2.05, 4.69) is 25.8 Å². The van der Waals surface area contributed by atoms with Crippen LogP contribution in [0.5, 0.6) is 0 Å². The van der Waals surface area contributed by atoms with E-state index in [0.717, 1.165) is 4.88 Å². The van der Waals surface area contributed by atoms with Gasteiger partial charge in [-0.2, -0.15) is 4.98 Å². The minimum Gasteiger partial charge on any atom is -0.347 e. The summed E-state index contributed by atoms with van der Waals surface area (Å²) in [4.78, 5) is 29.8. The summed E-state index contributed by atoms with van der Waals surface area (Å²) in [6.45, 7) is 7.81. The van der Waals surface area contributed by atoms with Crippen LogP contribution in [-0.4, -0.2) is 33.5 Å². The van der Waals surface area contributed by atoms with Crippen LogP contribution in [0.4, 0.5) is 5.95 Å². The Balaban J connectivity index is 1.84. The molecule has 2 rings (SSSR count). The highest BCUT2D eigenvalue weighted by Gasteiger charge is 2.17. The van der Waals surface area contributed by atoms with Crippen LogP contribution in [0, 0.1) is 12.3 Å². The van der Waals surface area contributed by atoms with Crippen molar-refractivity contribution in [1.29, 1.82) is 0 Å². The van der Waals surface area contributed by atoms with E-state index < -0.39 is 0 Å². The van der Waals surface area contributed by atoms with Gasteiger partial charge in [-0.05, 0) is 24.5 Å². The molecular weight excluding hydrogens is 314 g/mol. The monoisotopic (exact) mass is 335 g/mol. The maximum atomic E-state index is 11.8. The lowest BCUT2D eigenvalue weighted by Gasteiger charge is -2.16. The predicted octanol–water partition coefficient (Wildman–Crippen LogP) is 2.33. The second-order valence-electron chi connectivity index (χ2n) is 6.48. The molecule has 0 aliphatic carbocycles. The minimum absolute atomic E-state index is 0.100. The molecule has 2 heterocycles. The van der Waals surface area contributed by atoms with E-state index in [-0.39, 0.29) is 29.7 Å². The number of hydrogen-bond donors (Lipinski definition) is 3. The fourth-order valence-electron chi connectivity index (χ4n) is 1.88. The fourth-order valence-corrected chi connectivity index (χ4v) is 2.69. The molecule has 0 fully saturated rings. The SMILES string of the molecule is Cc1ccc(-c2nc(NC(=O)CNC(=O)CC(C)(C)C)n[nH]2)s1. The third-order valence-corrected chi connectivity index (χ3v) is 3.85. The number of aryl methyl sites for hydroxylation is 1. The van der Waals surface area contributed by atoms with Gasteiger partial charge in [0.15, 0.2) is 5.82 Å². The topological polar surface area (TPSA) is 99.8 Å². The van der Waals surface area contributed by atoms with Crippen LogP contribution < -0.4 is 10.6 Å². The number of thiophene rings is 1. The number of hydrogen-bond acceptors (Lipinski definition) is 5. The number of nitrogens with one attached hydrogen (secondary N) is 3. The van der Waals surface area contributed by atoms with Gasteiger partial charge in [-0.1, -0.05) is 20.8 Å². The van der Waals surface area contributed by atoms with Crippen LogP contribution in [0.15, 0.2) is 12.1 Å². The lowest BCUT2D eigenvalue weighted by Crippen LogP contribution is -2.34. The second kappa shape index (κ2) is 6.91. The van der Waals surface area contributed by atoms with Crippen molar-refractivity contribution in [2.24, 2.45) is 5.41 Å². The Morgan fingerprint density at radius 3 is 2.61 bits per heavy atom. The van der Waals surface area contributed by atoms with E-state index >= 15 is 0 Å². The number of aromatic nitrogens is 3. The number of nitrogens with zero attached hydrogens (tertiary/aromatic N) is 2. The van der Waals surface area contributed by atoms with Gasteiger partial charge in [-0.3, -0.25) is 20.0 Å². The third kappa shape index (κ3) is 5.48. The van der Waals surface area contributed by atoms with Gasteiger partial charge in [0.2, 0.25) is 17.8 Å². The molecule has 0 saturated heterocycles. The van der Waals surface area contributed by atoms with Crippen LogP contribution >= 0.6 is 11.3 Å². The first-order valence-corrected chi connectivity index (χ1v) is 8.10. The Hall–Kier alpha value is -2.22. The molecule has 0 saturated carbocycles. The highest BCUT2D eigenvalue weighted by molar-refractivity contribution is 7.15. The molecule has 2 aromatic rings. The van der Waals surface area contributed by atoms with Gasteiger partial charge >= 0.3 is 0 Å². The highest BCUT2D eigenvalue weighted by Crippen LogP contribution is 2.24. The summed E-state index contributed by atoms with van der Waals surface area (Å²) in [6, 6.07) is 3.93. The van der Waals surface area contributed by atoms with Crippen LogP contribution in [0.25, 0.3) is 10.7 Å². The second-order valence-corrected chi connectivity index (χ2v) is 7.77. The zero-order valence-corrected chi connectivity index (χ0v) is 14.5. The van der Waals surface area contributed by atoms with Gasteiger partial charge < -0.3 is 5.32 Å². The van der Waals surface area contributed by atoms with Gasteiger partial charge in [0, 0.05) is 11.3 Å². The Bertz CT molecular complexity index is 699. The molecule has 0 unspecified atom stereocenters. The zero-order chi connectivity index (χ0) is 17.0. The van der Waals surface area contributed by atoms with Crippen molar-refractivity contribution in [1.82, 2.24) is 20.5 Å². The summed E-state index contributed by atoms with van der Waals surface area (Å²) in [5.74, 6) is 0.286. The van der Waals surface area contributed by atoms with Gasteiger partial charge in [-0.25, -0.2) is 0 Å². The lowest BCUT2D eigenvalue weighted by molar-refractivity contribution is -0.125. The third-order valence-electron chi connectivity index (χ3n) is 2.85. The average molecular weight is 335 g/mol. The molecule has 124 valence electrons. The molecule has 3 N–H and O–H groups in total. The lowest BCUT2D eigenvalue weighted by atomic mass is 9.92. The largest absolute Gasteiger partial charge is 0.347 e. The van der Waals surface area contributed by atoms with Crippen LogP contribution in [0.3, 0.4) is 0 Å². The molecule has 2 amide bonds. The molecule has 7 nitrogen and oxygen atoms in total. The molecule has 0 aromatic carbocycles. The maximum absolute atomic E-state index is 11.8. The number of aromatic amines is 1. The first-order chi connectivity index (χ1) is 10.7. The van der Waals surface area contributed by atoms with Gasteiger partial charge in [0.05, 0.1) is 11.4 Å². The number of rotatable bonds is 5. The Kier molecular flexibility index (Phi) is 5.15. The molecule has 2 aromatic heterocycles. The molecular formula is C15H21N5O2S. The number of anilines is 1. The standard InChI is InChI=1S/C15H21N5O2S/c1-9-5-6-10(23-9)13-18-14(20-19-13)17-12(22)8-16-11(21)7-15(2,3)4/h5-6H,7-8H2,1-4H3,(H,16,21)(H2,17,18,19,20,22). The Morgan fingerprint density at radius 2 is 2.00 bits per heavy atom. The van der Waals surface area contributed by atoms with Crippen molar-refractivity contribution in [3.63, 3.8) is 0 Å². The van der Waals surface area contributed by atoms with Crippen molar-refractivity contribution in [3.8, 4) is 10.7 Å². The van der Waals surface area contributed by atoms with Crippen molar-refractivity contribution in [2.75, 3.05) is 11.9 Å². The number of H-pyrrole nitrogens is 1. The van der Waals surface area contributed by atoms with E-state index in [1.807, 2.05) is 39.8 Å². The average Bonchev–Trinajstić information content (AvgIpc) is 3.03. The van der Waals surface area contributed by atoms with Crippen LogP contribution in [0.2, 0.25) is 0 Å². The van der Waals surface area contributed by atoms with Crippen molar-refractivity contribution < 1.29 is 9.59 Å². The van der Waals surface area contributed by atoms with Crippen LogP contribution in [-0.2, 0) is 9.59 Å². The Labute approximate surface area is 138 Å². The molecule has 0 aliphatic rings. The quantitative estimate of drug-likeness (QED) is 0.781. The zero-order valence-electron chi connectivity index (χ0n) is 13.7. The summed E-state index contributed by atoms with van der Waals surface area (Å²) >= 11 is 1.59. The van der Waals surface area contributed by atoms with E-state index in [4.69, 9.17) is 0 Å². The van der Waals surface area contributed by atoms with Crippen LogP contribution in [0.1, 0.15) is 32.1 Å². The van der Waals surface area contributed by atoms with Gasteiger partial charge in [-0.15, -0.1) is 16.4 Å². The number of amides is 2. The highest BCUT2D eigenvalue weighted by atomic mass is 32.1. The van der Waals surface area contributed by atoms with Gasteiger partial charge in [0.1, 0.15) is 0 Å². The Morgan fingerprint density at radius 1 is 1.26 bits per heavy atom. The summed E-state index contributed by atoms with van der Waals surface area (Å²) in [7, 11) is 0. The number of carbonyl (C=O) groups is 2. The fraction of sp³-hybridized carbons (Fsp3) is 0.467. The summed E-state index contributed by atoms with van der Waals surface area (Å²) in [5, 5.41) is 11.9. The van der Waals surface area contributed by atoms with E-state index in [1.165, 1.54) is 4.88 Å². The van der Waals surface area contributed by atoms with E-state index in [1.54, 1.807) is 11.3 Å². The molecule has 8 heteroatoms. The molecule has 0 bridgehead atoms. The predicted molar refractivity (Wildman–Crippen MR) is 90.1 cm³/mol. The van der Waals surface area contributed by atoms with Crippen molar-refractivity contribution >= 4 is 29.1 Å². The molecule has 0 atom stereocenters. The smallest absolute Gasteiger partial charge is 0.249 e. The minimum atomic E-state index is -0.361. The normalized spacial score (nSPS) is 11.3. The number of carbonyl (C=O) groups excluding carboxylic acids is 2. The summed E-state index contributed by atoms with van der Waals surface area (Å²) in [6.07, 6.45) is 0.364. The summed E-state index contributed by atoms with van der Waals surface area (Å²) < 4.78 is 0. The molecule has 0 spiro atoms. The van der Waals surface area contributed by atoms with Crippen molar-refractivity contribution in [3.05, 3.63) is 17.0 Å². The molecule has 0 aliphatic heterocycles. The first-order valence-electron chi connectivity index (χ1n) is 7.29. The maximum Gasteiger partial charge on any atom is 0.249 e. The van der Waals surface area contributed by atoms with E-state index in [9.17, 15) is 9.59 Å². The van der Waals surface area contributed by atoms with Gasteiger partial charge in [0.25, 0.3) is 0 Å². The van der Waals surface area contributed by atoms with Crippen molar-refractivity contribution in [2.45, 2.75) is 34.1 Å². The molecule has 23 heavy (non-hydrogen) atoms. The van der Waals surface area contributed by atoms with E-state index in [0.29, 0.717) is 12.2 Å². The molecule has 0 radical (unpaired) electrons. The summed E-state index contributed by atoms with van der Waals surface area (Å²) in [5.41, 5.74) is -0.113.